The van der Waals surface area contributed by atoms with Gasteiger partial charge in [-0.2, -0.15) is 0 Å². The number of imidazole rings is 1. The Morgan fingerprint density at radius 1 is 0.786 bits per heavy atom. The molecule has 0 aliphatic carbocycles. The van der Waals surface area contributed by atoms with Crippen molar-refractivity contribution in [2.24, 2.45) is 0 Å². The van der Waals surface area contributed by atoms with Crippen molar-refractivity contribution in [1.29, 1.82) is 0 Å². The van der Waals surface area contributed by atoms with Gasteiger partial charge in [-0.05, 0) is 42.5 Å². The van der Waals surface area contributed by atoms with Crippen LogP contribution in [0.2, 0.25) is 10.0 Å². The van der Waals surface area contributed by atoms with Gasteiger partial charge in [0, 0.05) is 15.1 Å². The highest BCUT2D eigenvalue weighted by Gasteiger charge is 2.19. The standard InChI is InChI=1S/C21H11BrCl2N4/c22-13-5-3-4-12(10-13)20-27-19-21(26-17-7-2-1-6-16(17)25-19)28(20)18-9-8-14(23)11-15(18)24/h1-11H. The Kier molecular flexibility index (Phi) is 4.31. The highest BCUT2D eigenvalue weighted by Crippen LogP contribution is 2.33. The Morgan fingerprint density at radius 3 is 2.32 bits per heavy atom. The molecule has 0 amide bonds. The lowest BCUT2D eigenvalue weighted by Gasteiger charge is -2.11. The predicted molar refractivity (Wildman–Crippen MR) is 117 cm³/mol. The molecule has 28 heavy (non-hydrogen) atoms. The Morgan fingerprint density at radius 2 is 1.57 bits per heavy atom. The van der Waals surface area contributed by atoms with Gasteiger partial charge in [-0.25, -0.2) is 15.0 Å². The molecule has 2 aromatic heterocycles. The van der Waals surface area contributed by atoms with Crippen molar-refractivity contribution in [3.05, 3.63) is 81.2 Å². The van der Waals surface area contributed by atoms with Gasteiger partial charge in [0.15, 0.2) is 11.3 Å². The average molecular weight is 470 g/mol. The van der Waals surface area contributed by atoms with Crippen molar-refractivity contribution in [2.45, 2.75) is 0 Å². The molecule has 0 N–H and O–H groups in total. The fourth-order valence-corrected chi connectivity index (χ4v) is 4.06. The highest BCUT2D eigenvalue weighted by atomic mass is 79.9. The number of para-hydroxylation sites is 2. The molecule has 0 saturated carbocycles. The number of hydrogen-bond acceptors (Lipinski definition) is 3. The first-order valence-corrected chi connectivity index (χ1v) is 10.0. The van der Waals surface area contributed by atoms with Gasteiger partial charge in [-0.3, -0.25) is 4.57 Å². The summed E-state index contributed by atoms with van der Waals surface area (Å²) in [5.74, 6) is 0.704. The minimum Gasteiger partial charge on any atom is -0.274 e. The summed E-state index contributed by atoms with van der Waals surface area (Å²) in [4.78, 5) is 14.3. The maximum absolute atomic E-state index is 6.54. The average Bonchev–Trinajstić information content (AvgIpc) is 3.04. The van der Waals surface area contributed by atoms with Crippen LogP contribution < -0.4 is 0 Å². The van der Waals surface area contributed by atoms with Gasteiger partial charge in [0.2, 0.25) is 0 Å². The molecule has 5 rings (SSSR count). The lowest BCUT2D eigenvalue weighted by atomic mass is 10.2. The van der Waals surface area contributed by atoms with Crippen molar-refractivity contribution in [3.8, 4) is 17.1 Å². The topological polar surface area (TPSA) is 43.6 Å². The summed E-state index contributed by atoms with van der Waals surface area (Å²) in [6.45, 7) is 0. The molecule has 5 aromatic rings. The van der Waals surface area contributed by atoms with Crippen LogP contribution >= 0.6 is 39.1 Å². The minimum atomic E-state index is 0.512. The van der Waals surface area contributed by atoms with Crippen LogP contribution in [0.15, 0.2) is 71.2 Å². The highest BCUT2D eigenvalue weighted by molar-refractivity contribution is 9.10. The van der Waals surface area contributed by atoms with E-state index in [1.165, 1.54) is 0 Å². The number of nitrogens with zero attached hydrogens (tertiary/aromatic N) is 4. The van der Waals surface area contributed by atoms with E-state index >= 15 is 0 Å². The van der Waals surface area contributed by atoms with E-state index in [-0.39, 0.29) is 0 Å². The first kappa shape index (κ1) is 17.6. The van der Waals surface area contributed by atoms with E-state index in [1.54, 1.807) is 12.1 Å². The van der Waals surface area contributed by atoms with Gasteiger partial charge < -0.3 is 0 Å². The van der Waals surface area contributed by atoms with Crippen LogP contribution in [0, 0.1) is 0 Å². The smallest absolute Gasteiger partial charge is 0.199 e. The number of benzene rings is 3. The van der Waals surface area contributed by atoms with Crippen molar-refractivity contribution in [2.75, 3.05) is 0 Å². The second-order valence-electron chi connectivity index (χ2n) is 6.24. The number of fused-ring (bicyclic) bond motifs is 2. The molecule has 0 spiro atoms. The molecule has 0 saturated heterocycles. The summed E-state index contributed by atoms with van der Waals surface area (Å²) in [6, 6.07) is 21.0. The number of rotatable bonds is 2. The van der Waals surface area contributed by atoms with Crippen LogP contribution in [-0.4, -0.2) is 19.5 Å². The molecule has 0 aliphatic rings. The summed E-state index contributed by atoms with van der Waals surface area (Å²) in [5.41, 5.74) is 4.44. The normalized spacial score (nSPS) is 11.4. The molecular formula is C21H11BrCl2N4. The zero-order chi connectivity index (χ0) is 19.3. The molecule has 136 valence electrons. The van der Waals surface area contributed by atoms with E-state index in [0.717, 1.165) is 26.8 Å². The van der Waals surface area contributed by atoms with Crippen molar-refractivity contribution < 1.29 is 0 Å². The maximum Gasteiger partial charge on any atom is 0.199 e. The number of aromatic nitrogens is 4. The van der Waals surface area contributed by atoms with Crippen LogP contribution in [0.1, 0.15) is 0 Å². The van der Waals surface area contributed by atoms with Crippen LogP contribution in [0.3, 0.4) is 0 Å². The largest absolute Gasteiger partial charge is 0.274 e. The second-order valence-corrected chi connectivity index (χ2v) is 8.00. The molecule has 4 nitrogen and oxygen atoms in total. The number of hydrogen-bond donors (Lipinski definition) is 0. The molecule has 0 atom stereocenters. The molecule has 7 heteroatoms. The summed E-state index contributed by atoms with van der Waals surface area (Å²) >= 11 is 16.2. The predicted octanol–water partition coefficient (Wildman–Crippen LogP) is 6.71. The van der Waals surface area contributed by atoms with E-state index in [9.17, 15) is 0 Å². The fourth-order valence-electron chi connectivity index (χ4n) is 3.17. The monoisotopic (exact) mass is 468 g/mol. The molecule has 0 fully saturated rings. The van der Waals surface area contributed by atoms with Gasteiger partial charge in [-0.1, -0.05) is 63.4 Å². The van der Waals surface area contributed by atoms with Gasteiger partial charge in [-0.15, -0.1) is 0 Å². The summed E-state index contributed by atoms with van der Waals surface area (Å²) < 4.78 is 2.88. The lowest BCUT2D eigenvalue weighted by molar-refractivity contribution is 1.08. The number of halogens is 3. The SMILES string of the molecule is Clc1ccc(-n2c(-c3cccc(Br)c3)nc3nc4ccccc4nc32)c(Cl)c1. The molecule has 2 heterocycles. The van der Waals surface area contributed by atoms with Crippen molar-refractivity contribution in [1.82, 2.24) is 19.5 Å². The molecule has 3 aromatic carbocycles. The third kappa shape index (κ3) is 2.96. The molecule has 0 aliphatic heterocycles. The second kappa shape index (κ2) is 6.85. The molecule has 0 unspecified atom stereocenters. The summed E-state index contributed by atoms with van der Waals surface area (Å²) in [6.07, 6.45) is 0. The fraction of sp³-hybridized carbons (Fsp3) is 0. The van der Waals surface area contributed by atoms with E-state index in [1.807, 2.05) is 59.2 Å². The molecule has 0 radical (unpaired) electrons. The minimum absolute atomic E-state index is 0.512. The van der Waals surface area contributed by atoms with Crippen LogP contribution in [0.25, 0.3) is 39.4 Å². The van der Waals surface area contributed by atoms with E-state index in [0.29, 0.717) is 27.2 Å². The van der Waals surface area contributed by atoms with E-state index in [4.69, 9.17) is 38.2 Å². The van der Waals surface area contributed by atoms with E-state index < -0.39 is 0 Å². The first-order chi connectivity index (χ1) is 13.6. The van der Waals surface area contributed by atoms with Gasteiger partial charge in [0.05, 0.1) is 21.7 Å². The maximum atomic E-state index is 6.54. The third-order valence-electron chi connectivity index (χ3n) is 4.40. The zero-order valence-corrected chi connectivity index (χ0v) is 17.4. The summed E-state index contributed by atoms with van der Waals surface area (Å²) in [5, 5.41) is 1.08. The van der Waals surface area contributed by atoms with Crippen molar-refractivity contribution in [3.63, 3.8) is 0 Å². The van der Waals surface area contributed by atoms with E-state index in [2.05, 4.69) is 15.9 Å². The van der Waals surface area contributed by atoms with Crippen LogP contribution in [0.4, 0.5) is 0 Å². The Hall–Kier alpha value is -2.47. The van der Waals surface area contributed by atoms with Crippen LogP contribution in [-0.2, 0) is 0 Å². The molecular weight excluding hydrogens is 459 g/mol. The summed E-state index contributed by atoms with van der Waals surface area (Å²) in [7, 11) is 0. The third-order valence-corrected chi connectivity index (χ3v) is 5.43. The quantitative estimate of drug-likeness (QED) is 0.288. The zero-order valence-electron chi connectivity index (χ0n) is 14.3. The first-order valence-electron chi connectivity index (χ1n) is 8.47. The van der Waals surface area contributed by atoms with Gasteiger partial charge >= 0.3 is 0 Å². The molecule has 0 bridgehead atoms. The Balaban J connectivity index is 1.91. The van der Waals surface area contributed by atoms with Crippen LogP contribution in [0.5, 0.6) is 0 Å². The lowest BCUT2D eigenvalue weighted by Crippen LogP contribution is -2.00. The Labute approximate surface area is 178 Å². The van der Waals surface area contributed by atoms with Gasteiger partial charge in [0.1, 0.15) is 5.82 Å². The van der Waals surface area contributed by atoms with Gasteiger partial charge in [0.25, 0.3) is 0 Å². The Bertz CT molecular complexity index is 1360. The van der Waals surface area contributed by atoms with Crippen molar-refractivity contribution >= 4 is 61.5 Å².